The van der Waals surface area contributed by atoms with E-state index in [-0.39, 0.29) is 36.8 Å². The Balaban J connectivity index is 2.38. The minimum Gasteiger partial charge on any atom is -0.462 e. The molecular formula is C13H20O5. The molecule has 2 unspecified atom stereocenters. The molecule has 1 rings (SSSR count). The van der Waals surface area contributed by atoms with Gasteiger partial charge in [0.2, 0.25) is 0 Å². The van der Waals surface area contributed by atoms with E-state index in [1.54, 1.807) is 0 Å². The molecule has 102 valence electrons. The molecule has 1 fully saturated rings. The summed E-state index contributed by atoms with van der Waals surface area (Å²) in [5.74, 6) is -1.22. The van der Waals surface area contributed by atoms with E-state index in [1.807, 2.05) is 0 Å². The second kappa shape index (κ2) is 7.13. The van der Waals surface area contributed by atoms with E-state index in [0.717, 1.165) is 19.3 Å². The van der Waals surface area contributed by atoms with Crippen LogP contribution in [0, 0.1) is 11.8 Å². The number of ketones is 1. The third-order valence-corrected chi connectivity index (χ3v) is 3.22. The lowest BCUT2D eigenvalue weighted by Crippen LogP contribution is -2.33. The molecule has 0 aromatic rings. The summed E-state index contributed by atoms with van der Waals surface area (Å²) >= 11 is 0. The number of carbonyl (C=O) groups is 3. The van der Waals surface area contributed by atoms with Crippen molar-refractivity contribution in [2.45, 2.75) is 39.5 Å². The van der Waals surface area contributed by atoms with Gasteiger partial charge in [-0.2, -0.15) is 0 Å². The molecule has 0 amide bonds. The molecule has 0 N–H and O–H groups in total. The Hall–Kier alpha value is -1.39. The molecule has 5 nitrogen and oxygen atoms in total. The summed E-state index contributed by atoms with van der Waals surface area (Å²) in [6.45, 7) is 2.95. The van der Waals surface area contributed by atoms with Crippen molar-refractivity contribution in [3.05, 3.63) is 0 Å². The molecule has 0 spiro atoms. The molecule has 5 heteroatoms. The van der Waals surface area contributed by atoms with Crippen LogP contribution < -0.4 is 0 Å². The van der Waals surface area contributed by atoms with Gasteiger partial charge < -0.3 is 9.47 Å². The van der Waals surface area contributed by atoms with Crippen LogP contribution in [0.3, 0.4) is 0 Å². The highest BCUT2D eigenvalue weighted by atomic mass is 16.6. The molecule has 0 aliphatic heterocycles. The van der Waals surface area contributed by atoms with Gasteiger partial charge in [0.25, 0.3) is 0 Å². The Bertz CT molecular complexity index is 323. The summed E-state index contributed by atoms with van der Waals surface area (Å²) in [5.41, 5.74) is 0. The lowest BCUT2D eigenvalue weighted by molar-refractivity contribution is -0.158. The fourth-order valence-electron chi connectivity index (χ4n) is 2.33. The Morgan fingerprint density at radius 2 is 1.50 bits per heavy atom. The Morgan fingerprint density at radius 3 is 2.06 bits per heavy atom. The number of rotatable bonds is 5. The van der Waals surface area contributed by atoms with Crippen molar-refractivity contribution in [3.8, 4) is 0 Å². The molecule has 1 aliphatic rings. The third-order valence-electron chi connectivity index (χ3n) is 3.22. The molecule has 0 heterocycles. The Labute approximate surface area is 107 Å². The zero-order valence-corrected chi connectivity index (χ0v) is 10.9. The summed E-state index contributed by atoms with van der Waals surface area (Å²) < 4.78 is 9.71. The summed E-state index contributed by atoms with van der Waals surface area (Å²) in [6.07, 6.45) is 3.41. The van der Waals surface area contributed by atoms with E-state index in [4.69, 9.17) is 4.74 Å². The Morgan fingerprint density at radius 1 is 0.944 bits per heavy atom. The predicted molar refractivity (Wildman–Crippen MR) is 63.7 cm³/mol. The van der Waals surface area contributed by atoms with Crippen LogP contribution in [0.15, 0.2) is 0 Å². The van der Waals surface area contributed by atoms with E-state index in [2.05, 4.69) is 4.74 Å². The van der Waals surface area contributed by atoms with Crippen molar-refractivity contribution in [1.29, 1.82) is 0 Å². The molecule has 1 aliphatic carbocycles. The van der Waals surface area contributed by atoms with Crippen molar-refractivity contribution in [2.24, 2.45) is 11.8 Å². The predicted octanol–water partition coefficient (Wildman–Crippen LogP) is 1.49. The number of ether oxygens (including phenoxy) is 2. The number of hydrogen-bond acceptors (Lipinski definition) is 5. The van der Waals surface area contributed by atoms with Crippen LogP contribution in [0.4, 0.5) is 0 Å². The first-order valence-electron chi connectivity index (χ1n) is 6.33. The first kappa shape index (κ1) is 14.7. The molecule has 0 radical (unpaired) electrons. The van der Waals surface area contributed by atoms with Gasteiger partial charge in [-0.15, -0.1) is 0 Å². The van der Waals surface area contributed by atoms with Crippen LogP contribution in [0.2, 0.25) is 0 Å². The third kappa shape index (κ3) is 4.47. The average Bonchev–Trinajstić information content (AvgIpc) is 2.34. The largest absolute Gasteiger partial charge is 0.462 e. The smallest absolute Gasteiger partial charge is 0.309 e. The van der Waals surface area contributed by atoms with Gasteiger partial charge >= 0.3 is 11.9 Å². The van der Waals surface area contributed by atoms with Gasteiger partial charge in [-0.05, 0) is 19.8 Å². The highest BCUT2D eigenvalue weighted by Gasteiger charge is 2.34. The number of carbonyl (C=O) groups excluding carboxylic acids is 3. The first-order valence-corrected chi connectivity index (χ1v) is 6.33. The van der Waals surface area contributed by atoms with Crippen LogP contribution in [0.1, 0.15) is 39.5 Å². The SMILES string of the molecule is CC(=O)OCCOC(=O)C1CCCCC1C(C)=O. The van der Waals surface area contributed by atoms with Crippen molar-refractivity contribution in [3.63, 3.8) is 0 Å². The molecule has 0 bridgehead atoms. The molecule has 18 heavy (non-hydrogen) atoms. The number of esters is 2. The second-order valence-electron chi connectivity index (χ2n) is 4.62. The normalized spacial score (nSPS) is 23.2. The van der Waals surface area contributed by atoms with E-state index >= 15 is 0 Å². The first-order chi connectivity index (χ1) is 8.52. The molecule has 1 saturated carbocycles. The van der Waals surface area contributed by atoms with Crippen LogP contribution >= 0.6 is 0 Å². The quantitative estimate of drug-likeness (QED) is 0.550. The summed E-state index contributed by atoms with van der Waals surface area (Å²) in [6, 6.07) is 0. The van der Waals surface area contributed by atoms with E-state index < -0.39 is 5.97 Å². The standard InChI is InChI=1S/C13H20O5/c1-9(14)11-5-3-4-6-12(11)13(16)18-8-7-17-10(2)15/h11-12H,3-8H2,1-2H3. The van der Waals surface area contributed by atoms with Crippen LogP contribution in [-0.2, 0) is 23.9 Å². The fourth-order valence-corrected chi connectivity index (χ4v) is 2.33. The highest BCUT2D eigenvalue weighted by Crippen LogP contribution is 2.31. The van der Waals surface area contributed by atoms with Gasteiger partial charge in [-0.25, -0.2) is 0 Å². The summed E-state index contributed by atoms with van der Waals surface area (Å²) in [5, 5.41) is 0. The monoisotopic (exact) mass is 256 g/mol. The van der Waals surface area contributed by atoms with Crippen LogP contribution in [-0.4, -0.2) is 30.9 Å². The lowest BCUT2D eigenvalue weighted by atomic mass is 9.77. The molecule has 0 aromatic heterocycles. The summed E-state index contributed by atoms with van der Waals surface area (Å²) in [4.78, 5) is 33.8. The maximum atomic E-state index is 11.8. The van der Waals surface area contributed by atoms with Crippen molar-refractivity contribution in [2.75, 3.05) is 13.2 Å². The lowest BCUT2D eigenvalue weighted by Gasteiger charge is -2.27. The maximum absolute atomic E-state index is 11.8. The molecule has 2 atom stereocenters. The van der Waals surface area contributed by atoms with E-state index in [0.29, 0.717) is 6.42 Å². The zero-order valence-electron chi connectivity index (χ0n) is 10.9. The minimum atomic E-state index is -0.398. The average molecular weight is 256 g/mol. The van der Waals surface area contributed by atoms with Gasteiger partial charge in [0.1, 0.15) is 19.0 Å². The van der Waals surface area contributed by atoms with Gasteiger partial charge in [0.05, 0.1) is 5.92 Å². The van der Waals surface area contributed by atoms with Gasteiger partial charge in [0, 0.05) is 12.8 Å². The molecule has 0 aromatic carbocycles. The van der Waals surface area contributed by atoms with E-state index in [1.165, 1.54) is 13.8 Å². The second-order valence-corrected chi connectivity index (χ2v) is 4.62. The van der Waals surface area contributed by atoms with Crippen molar-refractivity contribution in [1.82, 2.24) is 0 Å². The van der Waals surface area contributed by atoms with Gasteiger partial charge in [-0.3, -0.25) is 14.4 Å². The minimum absolute atomic E-state index is 0.0524. The molecule has 0 saturated heterocycles. The topological polar surface area (TPSA) is 69.7 Å². The zero-order chi connectivity index (χ0) is 13.5. The maximum Gasteiger partial charge on any atom is 0.309 e. The highest BCUT2D eigenvalue weighted by molar-refractivity contribution is 5.85. The fraction of sp³-hybridized carbons (Fsp3) is 0.769. The van der Waals surface area contributed by atoms with E-state index in [9.17, 15) is 14.4 Å². The number of hydrogen-bond donors (Lipinski definition) is 0. The van der Waals surface area contributed by atoms with Crippen molar-refractivity contribution >= 4 is 17.7 Å². The van der Waals surface area contributed by atoms with Crippen molar-refractivity contribution < 1.29 is 23.9 Å². The summed E-state index contributed by atoms with van der Waals surface area (Å²) in [7, 11) is 0. The Kier molecular flexibility index (Phi) is 5.82. The van der Waals surface area contributed by atoms with Gasteiger partial charge in [0.15, 0.2) is 0 Å². The number of Topliss-reactive ketones (excluding diaryl/α,β-unsaturated/α-hetero) is 1. The van der Waals surface area contributed by atoms with Gasteiger partial charge in [-0.1, -0.05) is 12.8 Å². The molecular weight excluding hydrogens is 236 g/mol. The van der Waals surface area contributed by atoms with Crippen LogP contribution in [0.25, 0.3) is 0 Å². The van der Waals surface area contributed by atoms with Crippen LogP contribution in [0.5, 0.6) is 0 Å².